The van der Waals surface area contributed by atoms with Crippen LogP contribution in [-0.2, 0) is 17.9 Å². The molecule has 1 aliphatic rings. The zero-order chi connectivity index (χ0) is 25.9. The highest BCUT2D eigenvalue weighted by molar-refractivity contribution is 8.18. The minimum atomic E-state index is -0.349. The zero-order valence-corrected chi connectivity index (χ0v) is 22.1. The fourth-order valence-electron chi connectivity index (χ4n) is 4.05. The van der Waals surface area contributed by atoms with Crippen LogP contribution in [0.2, 0.25) is 10.0 Å². The summed E-state index contributed by atoms with van der Waals surface area (Å²) < 4.78 is 11.6. The standard InChI is InChI=1S/C29H21Cl2NO4S/c1-35-25-8-4-7-21(27(25)36-17-22-11-12-23(30)15-24(22)31)14-26-28(33)32(29(34)37-26)16-18-9-10-19-5-2-3-6-20(19)13-18/h2-15H,16-17H2,1H3/b26-14-. The predicted molar refractivity (Wildman–Crippen MR) is 149 cm³/mol. The maximum Gasteiger partial charge on any atom is 0.293 e. The molecular formula is C29H21Cl2NO4S. The van der Waals surface area contributed by atoms with Crippen LogP contribution in [0.15, 0.2) is 83.8 Å². The molecular weight excluding hydrogens is 529 g/mol. The third-order valence-corrected chi connectivity index (χ3v) is 7.43. The van der Waals surface area contributed by atoms with Crippen molar-refractivity contribution in [3.05, 3.63) is 111 Å². The average Bonchev–Trinajstić information content (AvgIpc) is 3.15. The molecule has 0 atom stereocenters. The van der Waals surface area contributed by atoms with Gasteiger partial charge in [0, 0.05) is 21.2 Å². The molecule has 0 unspecified atom stereocenters. The molecule has 0 bridgehead atoms. The highest BCUT2D eigenvalue weighted by Crippen LogP contribution is 2.38. The SMILES string of the molecule is COc1cccc(/C=C2\SC(=O)N(Cc3ccc4ccccc4c3)C2=O)c1OCc1ccc(Cl)cc1Cl. The Hall–Kier alpha value is -3.45. The van der Waals surface area contributed by atoms with Gasteiger partial charge >= 0.3 is 0 Å². The van der Waals surface area contributed by atoms with Crippen molar-refractivity contribution < 1.29 is 19.1 Å². The number of hydrogen-bond acceptors (Lipinski definition) is 5. The Balaban J connectivity index is 1.39. The van der Waals surface area contributed by atoms with Crippen molar-refractivity contribution in [2.24, 2.45) is 0 Å². The molecule has 1 fully saturated rings. The Morgan fingerprint density at radius 3 is 2.51 bits per heavy atom. The Labute approximate surface area is 228 Å². The molecule has 186 valence electrons. The van der Waals surface area contributed by atoms with Gasteiger partial charge in [-0.15, -0.1) is 0 Å². The number of benzene rings is 4. The number of amides is 2. The van der Waals surface area contributed by atoms with Gasteiger partial charge in [0.25, 0.3) is 11.1 Å². The van der Waals surface area contributed by atoms with Gasteiger partial charge in [-0.25, -0.2) is 0 Å². The fraction of sp³-hybridized carbons (Fsp3) is 0.103. The van der Waals surface area contributed by atoms with E-state index in [2.05, 4.69) is 0 Å². The molecule has 8 heteroatoms. The Bertz CT molecular complexity index is 1550. The molecule has 0 saturated carbocycles. The normalized spacial score (nSPS) is 14.6. The lowest BCUT2D eigenvalue weighted by molar-refractivity contribution is -0.123. The first-order valence-electron chi connectivity index (χ1n) is 11.4. The van der Waals surface area contributed by atoms with E-state index in [4.69, 9.17) is 32.7 Å². The number of nitrogens with zero attached hydrogens (tertiary/aromatic N) is 1. The van der Waals surface area contributed by atoms with Crippen LogP contribution < -0.4 is 9.47 Å². The summed E-state index contributed by atoms with van der Waals surface area (Å²) in [5.41, 5.74) is 2.24. The molecule has 2 amide bonds. The highest BCUT2D eigenvalue weighted by atomic mass is 35.5. The van der Waals surface area contributed by atoms with Crippen molar-refractivity contribution in [3.8, 4) is 11.5 Å². The first-order chi connectivity index (χ1) is 17.9. The topological polar surface area (TPSA) is 55.8 Å². The van der Waals surface area contributed by atoms with E-state index in [-0.39, 0.29) is 24.3 Å². The number of halogens is 2. The number of rotatable bonds is 7. The van der Waals surface area contributed by atoms with Crippen LogP contribution >= 0.6 is 35.0 Å². The second-order valence-corrected chi connectivity index (χ2v) is 10.2. The minimum absolute atomic E-state index is 0.167. The molecule has 0 N–H and O–H groups in total. The summed E-state index contributed by atoms with van der Waals surface area (Å²) in [4.78, 5) is 27.6. The molecule has 4 aromatic rings. The van der Waals surface area contributed by atoms with Crippen LogP contribution in [0.4, 0.5) is 4.79 Å². The Morgan fingerprint density at radius 2 is 1.73 bits per heavy atom. The quantitative estimate of drug-likeness (QED) is 0.219. The molecule has 0 aliphatic carbocycles. The lowest BCUT2D eigenvalue weighted by atomic mass is 10.1. The van der Waals surface area contributed by atoms with Crippen LogP contribution in [0.25, 0.3) is 16.8 Å². The molecule has 1 aliphatic heterocycles. The molecule has 5 rings (SSSR count). The van der Waals surface area contributed by atoms with Gasteiger partial charge in [-0.2, -0.15) is 0 Å². The summed E-state index contributed by atoms with van der Waals surface area (Å²) in [6.07, 6.45) is 1.66. The lowest BCUT2D eigenvalue weighted by Gasteiger charge is -2.15. The number of imide groups is 1. The van der Waals surface area contributed by atoms with Crippen LogP contribution in [0.5, 0.6) is 11.5 Å². The summed E-state index contributed by atoms with van der Waals surface area (Å²) in [5, 5.41) is 2.86. The summed E-state index contributed by atoms with van der Waals surface area (Å²) in [6.45, 7) is 0.365. The fourth-order valence-corrected chi connectivity index (χ4v) is 5.34. The largest absolute Gasteiger partial charge is 0.493 e. The number of thioether (sulfide) groups is 1. The van der Waals surface area contributed by atoms with E-state index in [1.807, 2.05) is 42.5 Å². The molecule has 4 aromatic carbocycles. The lowest BCUT2D eigenvalue weighted by Crippen LogP contribution is -2.27. The van der Waals surface area contributed by atoms with Gasteiger partial charge in [-0.05, 0) is 58.4 Å². The van der Waals surface area contributed by atoms with Crippen LogP contribution in [0.1, 0.15) is 16.7 Å². The number of fused-ring (bicyclic) bond motifs is 1. The number of carbonyl (C=O) groups is 2. The van der Waals surface area contributed by atoms with Crippen molar-refractivity contribution in [1.82, 2.24) is 4.90 Å². The number of methoxy groups -OCH3 is 1. The molecule has 0 spiro atoms. The van der Waals surface area contributed by atoms with Crippen LogP contribution in [-0.4, -0.2) is 23.2 Å². The van der Waals surface area contributed by atoms with E-state index in [0.29, 0.717) is 32.0 Å². The van der Waals surface area contributed by atoms with Gasteiger partial charge in [0.15, 0.2) is 11.5 Å². The van der Waals surface area contributed by atoms with E-state index < -0.39 is 0 Å². The van der Waals surface area contributed by atoms with Gasteiger partial charge in [0.05, 0.1) is 18.6 Å². The van der Waals surface area contributed by atoms with Gasteiger partial charge in [-0.3, -0.25) is 14.5 Å². The predicted octanol–water partition coefficient (Wildman–Crippen LogP) is 7.97. The molecule has 37 heavy (non-hydrogen) atoms. The van der Waals surface area contributed by atoms with Crippen molar-refractivity contribution in [1.29, 1.82) is 0 Å². The van der Waals surface area contributed by atoms with Crippen molar-refractivity contribution in [3.63, 3.8) is 0 Å². The average molecular weight is 550 g/mol. The Kier molecular flexibility index (Phi) is 7.42. The van der Waals surface area contributed by atoms with E-state index >= 15 is 0 Å². The van der Waals surface area contributed by atoms with Gasteiger partial charge in [-0.1, -0.05) is 77.8 Å². The van der Waals surface area contributed by atoms with Gasteiger partial charge < -0.3 is 9.47 Å². The first kappa shape index (κ1) is 25.2. The number of ether oxygens (including phenoxy) is 2. The first-order valence-corrected chi connectivity index (χ1v) is 13.0. The van der Waals surface area contributed by atoms with E-state index in [1.165, 1.54) is 4.90 Å². The molecule has 0 radical (unpaired) electrons. The van der Waals surface area contributed by atoms with E-state index in [9.17, 15) is 9.59 Å². The maximum absolute atomic E-state index is 13.2. The summed E-state index contributed by atoms with van der Waals surface area (Å²) >= 11 is 13.2. The molecule has 5 nitrogen and oxygen atoms in total. The van der Waals surface area contributed by atoms with Gasteiger partial charge in [0.1, 0.15) is 6.61 Å². The van der Waals surface area contributed by atoms with Gasteiger partial charge in [0.2, 0.25) is 0 Å². The van der Waals surface area contributed by atoms with Crippen molar-refractivity contribution in [2.75, 3.05) is 7.11 Å². The minimum Gasteiger partial charge on any atom is -0.493 e. The monoisotopic (exact) mass is 549 g/mol. The number of para-hydroxylation sites is 1. The second-order valence-electron chi connectivity index (χ2n) is 8.35. The third kappa shape index (κ3) is 5.47. The van der Waals surface area contributed by atoms with Crippen LogP contribution in [0, 0.1) is 0 Å². The van der Waals surface area contributed by atoms with Crippen LogP contribution in [0.3, 0.4) is 0 Å². The number of hydrogen-bond donors (Lipinski definition) is 0. The van der Waals surface area contributed by atoms with E-state index in [1.54, 1.807) is 49.6 Å². The smallest absolute Gasteiger partial charge is 0.293 e. The molecule has 1 heterocycles. The van der Waals surface area contributed by atoms with Crippen molar-refractivity contribution >= 4 is 63.0 Å². The summed E-state index contributed by atoms with van der Waals surface area (Å²) in [6, 6.07) is 24.4. The summed E-state index contributed by atoms with van der Waals surface area (Å²) in [7, 11) is 1.54. The second kappa shape index (κ2) is 10.9. The maximum atomic E-state index is 13.2. The number of carbonyl (C=O) groups excluding carboxylic acids is 2. The summed E-state index contributed by atoms with van der Waals surface area (Å²) in [5.74, 6) is 0.587. The Morgan fingerprint density at radius 1 is 0.919 bits per heavy atom. The van der Waals surface area contributed by atoms with E-state index in [0.717, 1.165) is 33.7 Å². The zero-order valence-electron chi connectivity index (χ0n) is 19.7. The molecule has 1 saturated heterocycles. The highest BCUT2D eigenvalue weighted by Gasteiger charge is 2.35. The third-order valence-electron chi connectivity index (χ3n) is 5.93. The van der Waals surface area contributed by atoms with Crippen molar-refractivity contribution in [2.45, 2.75) is 13.2 Å². The molecule has 0 aromatic heterocycles.